The van der Waals surface area contributed by atoms with Crippen molar-refractivity contribution in [1.82, 2.24) is 0 Å². The van der Waals surface area contributed by atoms with Crippen molar-refractivity contribution in [2.24, 2.45) is 0 Å². The van der Waals surface area contributed by atoms with Gasteiger partial charge in [0.15, 0.2) is 0 Å². The van der Waals surface area contributed by atoms with Gasteiger partial charge in [0, 0.05) is 24.4 Å². The molecule has 6 nitrogen and oxygen atoms in total. The fourth-order valence-electron chi connectivity index (χ4n) is 3.40. The van der Waals surface area contributed by atoms with Crippen LogP contribution in [0.25, 0.3) is 6.08 Å². The largest absolute Gasteiger partial charge is 0.459 e. The van der Waals surface area contributed by atoms with Crippen LogP contribution in [0.2, 0.25) is 0 Å². The van der Waals surface area contributed by atoms with Crippen LogP contribution in [0.5, 0.6) is 0 Å². The van der Waals surface area contributed by atoms with E-state index >= 15 is 0 Å². The fraction of sp³-hybridized carbons (Fsp3) is 0.167. The number of hydrogen-bond donors (Lipinski definition) is 0. The lowest BCUT2D eigenvalue weighted by Crippen LogP contribution is -2.22. The second-order valence-electron chi connectivity index (χ2n) is 8.14. The number of ether oxygens (including phenoxy) is 2. The van der Waals surface area contributed by atoms with Crippen LogP contribution < -0.4 is 4.90 Å². The Bertz CT molecular complexity index is 1200. The molecule has 0 N–H and O–H groups in total. The molecule has 0 spiro atoms. The molecule has 0 fully saturated rings. The third kappa shape index (κ3) is 8.00. The van der Waals surface area contributed by atoms with Crippen LogP contribution in [0, 0.1) is 11.3 Å². The maximum Gasteiger partial charge on any atom is 0.349 e. The molecule has 36 heavy (non-hydrogen) atoms. The molecule has 6 heteroatoms. The predicted molar refractivity (Wildman–Crippen MR) is 140 cm³/mol. The average Bonchev–Trinajstić information content (AvgIpc) is 2.90. The van der Waals surface area contributed by atoms with Crippen molar-refractivity contribution in [3.63, 3.8) is 0 Å². The molecule has 0 bridgehead atoms. The zero-order valence-corrected chi connectivity index (χ0v) is 20.2. The van der Waals surface area contributed by atoms with Crippen molar-refractivity contribution in [2.45, 2.75) is 20.0 Å². The van der Waals surface area contributed by atoms with Gasteiger partial charge in [-0.3, -0.25) is 0 Å². The van der Waals surface area contributed by atoms with Gasteiger partial charge in [-0.05, 0) is 41.8 Å². The SMILES string of the molecule is C=C(C)C(=O)OCCOC(=O)/C(C#N)=C/c1ccc(N(Cc2ccccc2)Cc2ccccc2)cc1. The van der Waals surface area contributed by atoms with Gasteiger partial charge in [-0.15, -0.1) is 0 Å². The summed E-state index contributed by atoms with van der Waals surface area (Å²) in [4.78, 5) is 25.9. The van der Waals surface area contributed by atoms with Crippen molar-refractivity contribution >= 4 is 23.7 Å². The van der Waals surface area contributed by atoms with Gasteiger partial charge in [0.05, 0.1) is 0 Å². The van der Waals surface area contributed by atoms with E-state index in [2.05, 4.69) is 35.7 Å². The van der Waals surface area contributed by atoms with Gasteiger partial charge in [-0.2, -0.15) is 5.26 Å². The molecular formula is C30H28N2O4. The Morgan fingerprint density at radius 2 is 1.33 bits per heavy atom. The molecule has 0 aliphatic heterocycles. The van der Waals surface area contributed by atoms with E-state index in [0.29, 0.717) is 5.56 Å². The van der Waals surface area contributed by atoms with Crippen LogP contribution >= 0.6 is 0 Å². The Morgan fingerprint density at radius 1 is 0.833 bits per heavy atom. The van der Waals surface area contributed by atoms with Crippen molar-refractivity contribution in [3.05, 3.63) is 119 Å². The Labute approximate surface area is 211 Å². The molecule has 0 aliphatic rings. The van der Waals surface area contributed by atoms with Crippen LogP contribution in [0.1, 0.15) is 23.6 Å². The van der Waals surface area contributed by atoms with Crippen LogP contribution in [0.4, 0.5) is 5.69 Å². The summed E-state index contributed by atoms with van der Waals surface area (Å²) in [6, 6.07) is 30.0. The molecule has 0 radical (unpaired) electrons. The number of carbonyl (C=O) groups is 2. The van der Waals surface area contributed by atoms with E-state index in [4.69, 9.17) is 9.47 Å². The minimum Gasteiger partial charge on any atom is -0.459 e. The van der Waals surface area contributed by atoms with Gasteiger partial charge < -0.3 is 14.4 Å². The summed E-state index contributed by atoms with van der Waals surface area (Å²) < 4.78 is 9.93. The molecule has 0 heterocycles. The lowest BCUT2D eigenvalue weighted by atomic mass is 10.1. The number of carbonyl (C=O) groups excluding carboxylic acids is 2. The first-order chi connectivity index (χ1) is 17.5. The van der Waals surface area contributed by atoms with Gasteiger partial charge >= 0.3 is 11.9 Å². The van der Waals surface area contributed by atoms with Gasteiger partial charge in [-0.1, -0.05) is 79.4 Å². The van der Waals surface area contributed by atoms with Crippen LogP contribution in [-0.4, -0.2) is 25.2 Å². The molecule has 3 rings (SSSR count). The highest BCUT2D eigenvalue weighted by atomic mass is 16.6. The summed E-state index contributed by atoms with van der Waals surface area (Å²) in [7, 11) is 0. The van der Waals surface area contributed by atoms with Gasteiger partial charge in [0.1, 0.15) is 24.9 Å². The first-order valence-electron chi connectivity index (χ1n) is 11.5. The van der Waals surface area contributed by atoms with E-state index in [1.54, 1.807) is 0 Å². The summed E-state index contributed by atoms with van der Waals surface area (Å²) in [6.07, 6.45) is 1.48. The number of benzene rings is 3. The zero-order valence-electron chi connectivity index (χ0n) is 20.2. The minimum absolute atomic E-state index is 0.108. The van der Waals surface area contributed by atoms with Gasteiger partial charge in [0.25, 0.3) is 0 Å². The maximum absolute atomic E-state index is 12.3. The highest BCUT2D eigenvalue weighted by Crippen LogP contribution is 2.22. The molecule has 3 aromatic carbocycles. The van der Waals surface area contributed by atoms with Crippen LogP contribution in [0.15, 0.2) is 103 Å². The van der Waals surface area contributed by atoms with E-state index in [9.17, 15) is 14.9 Å². The highest BCUT2D eigenvalue weighted by Gasteiger charge is 2.13. The van der Waals surface area contributed by atoms with Crippen molar-refractivity contribution < 1.29 is 19.1 Å². The van der Waals surface area contributed by atoms with Crippen LogP contribution in [0.3, 0.4) is 0 Å². The number of rotatable bonds is 11. The minimum atomic E-state index is -0.775. The van der Waals surface area contributed by atoms with E-state index in [1.165, 1.54) is 24.1 Å². The molecule has 3 aromatic rings. The number of esters is 2. The topological polar surface area (TPSA) is 79.6 Å². The Kier molecular flexibility index (Phi) is 9.60. The number of hydrogen-bond acceptors (Lipinski definition) is 6. The molecule has 0 unspecified atom stereocenters. The Hall–Kier alpha value is -4.63. The Morgan fingerprint density at radius 3 is 1.81 bits per heavy atom. The third-order valence-corrected chi connectivity index (χ3v) is 5.24. The van der Waals surface area contributed by atoms with E-state index < -0.39 is 11.9 Å². The maximum atomic E-state index is 12.3. The Balaban J connectivity index is 1.69. The van der Waals surface area contributed by atoms with Crippen molar-refractivity contribution in [3.8, 4) is 6.07 Å². The predicted octanol–water partition coefficient (Wildman–Crippen LogP) is 5.46. The van der Waals surface area contributed by atoms with Gasteiger partial charge in [0.2, 0.25) is 0 Å². The third-order valence-electron chi connectivity index (χ3n) is 5.24. The fourth-order valence-corrected chi connectivity index (χ4v) is 3.40. The lowest BCUT2D eigenvalue weighted by molar-refractivity contribution is -0.147. The molecule has 0 aliphatic carbocycles. The summed E-state index contributed by atoms with van der Waals surface area (Å²) in [5.74, 6) is -1.33. The highest BCUT2D eigenvalue weighted by molar-refractivity contribution is 5.98. The summed E-state index contributed by atoms with van der Waals surface area (Å²) in [5.41, 5.74) is 4.22. The second-order valence-corrected chi connectivity index (χ2v) is 8.14. The molecule has 0 atom stereocenters. The van der Waals surface area contributed by atoms with Gasteiger partial charge in [-0.25, -0.2) is 9.59 Å². The van der Waals surface area contributed by atoms with E-state index in [1.807, 2.05) is 66.7 Å². The summed E-state index contributed by atoms with van der Waals surface area (Å²) >= 11 is 0. The van der Waals surface area contributed by atoms with Crippen LogP contribution in [-0.2, 0) is 32.2 Å². The smallest absolute Gasteiger partial charge is 0.349 e. The molecule has 0 saturated heterocycles. The van der Waals surface area contributed by atoms with Crippen molar-refractivity contribution in [2.75, 3.05) is 18.1 Å². The number of anilines is 1. The lowest BCUT2D eigenvalue weighted by Gasteiger charge is -2.25. The average molecular weight is 481 g/mol. The zero-order chi connectivity index (χ0) is 25.8. The standard InChI is InChI=1S/C30H28N2O4/c1-23(2)29(33)35-17-18-36-30(34)27(20-31)19-24-13-15-28(16-14-24)32(21-25-9-5-3-6-10-25)22-26-11-7-4-8-12-26/h3-16,19H,1,17-18,21-22H2,2H3/b27-19+. The molecule has 0 amide bonds. The summed E-state index contributed by atoms with van der Waals surface area (Å²) in [5, 5.41) is 9.42. The molecular weight excluding hydrogens is 452 g/mol. The number of nitrogens with zero attached hydrogens (tertiary/aromatic N) is 2. The first-order valence-corrected chi connectivity index (χ1v) is 11.5. The van der Waals surface area contributed by atoms with E-state index in [0.717, 1.165) is 18.8 Å². The molecule has 0 saturated carbocycles. The molecule has 0 aromatic heterocycles. The summed E-state index contributed by atoms with van der Waals surface area (Å²) in [6.45, 7) is 6.21. The van der Waals surface area contributed by atoms with E-state index in [-0.39, 0.29) is 24.4 Å². The van der Waals surface area contributed by atoms with Crippen molar-refractivity contribution in [1.29, 1.82) is 5.26 Å². The monoisotopic (exact) mass is 480 g/mol. The first kappa shape index (κ1) is 26.0. The quantitative estimate of drug-likeness (QED) is 0.157. The second kappa shape index (κ2) is 13.3. The normalized spacial score (nSPS) is 10.7. The molecule has 182 valence electrons. The number of nitriles is 1.